The lowest BCUT2D eigenvalue weighted by molar-refractivity contribution is 0.0628. The first-order valence-corrected chi connectivity index (χ1v) is 10.7. The van der Waals surface area contributed by atoms with Gasteiger partial charge in [0.15, 0.2) is 11.6 Å². The summed E-state index contributed by atoms with van der Waals surface area (Å²) in [5, 5.41) is 0. The van der Waals surface area contributed by atoms with Crippen LogP contribution in [0.4, 0.5) is 8.78 Å². The van der Waals surface area contributed by atoms with E-state index in [4.69, 9.17) is 4.74 Å². The summed E-state index contributed by atoms with van der Waals surface area (Å²) in [5.74, 6) is -1.44. The van der Waals surface area contributed by atoms with E-state index in [1.54, 1.807) is 18.2 Å². The summed E-state index contributed by atoms with van der Waals surface area (Å²) in [6.07, 6.45) is 0. The Balaban J connectivity index is 1.33. The fourth-order valence-electron chi connectivity index (χ4n) is 3.87. The van der Waals surface area contributed by atoms with Crippen LogP contribution in [0.2, 0.25) is 0 Å². The van der Waals surface area contributed by atoms with Gasteiger partial charge in [0.1, 0.15) is 12.4 Å². The molecule has 0 atom stereocenters. The molecule has 1 saturated heterocycles. The quantitative estimate of drug-likeness (QED) is 0.556. The van der Waals surface area contributed by atoms with Crippen LogP contribution in [0.5, 0.6) is 5.75 Å². The van der Waals surface area contributed by atoms with Gasteiger partial charge >= 0.3 is 0 Å². The van der Waals surface area contributed by atoms with Gasteiger partial charge < -0.3 is 9.64 Å². The third kappa shape index (κ3) is 5.32. The highest BCUT2D eigenvalue weighted by Gasteiger charge is 2.22. The summed E-state index contributed by atoms with van der Waals surface area (Å²) in [6, 6.07) is 18.7. The molecule has 1 aliphatic heterocycles. The maximum Gasteiger partial charge on any atom is 0.253 e. The molecule has 1 amide bonds. The van der Waals surface area contributed by atoms with Gasteiger partial charge in [-0.1, -0.05) is 36.4 Å². The summed E-state index contributed by atoms with van der Waals surface area (Å²) in [7, 11) is 0. The minimum Gasteiger partial charge on any atom is -0.486 e. The molecule has 0 unspecified atom stereocenters. The molecule has 32 heavy (non-hydrogen) atoms. The maximum atomic E-state index is 13.8. The molecule has 1 heterocycles. The normalized spacial score (nSPS) is 14.4. The van der Waals surface area contributed by atoms with Crippen LogP contribution in [0.25, 0.3) is 0 Å². The second kappa shape index (κ2) is 9.92. The van der Waals surface area contributed by atoms with Gasteiger partial charge in [-0.2, -0.15) is 0 Å². The number of halogens is 2. The topological polar surface area (TPSA) is 32.8 Å². The lowest BCUT2D eigenvalue weighted by Crippen LogP contribution is -2.48. The van der Waals surface area contributed by atoms with Crippen molar-refractivity contribution in [2.45, 2.75) is 20.1 Å². The smallest absolute Gasteiger partial charge is 0.253 e. The van der Waals surface area contributed by atoms with Crippen molar-refractivity contribution in [3.8, 4) is 5.75 Å². The summed E-state index contributed by atoms with van der Waals surface area (Å²) in [4.78, 5) is 17.2. The number of rotatable bonds is 6. The largest absolute Gasteiger partial charge is 0.486 e. The van der Waals surface area contributed by atoms with Crippen molar-refractivity contribution >= 4 is 5.91 Å². The second-order valence-electron chi connectivity index (χ2n) is 8.06. The molecule has 0 saturated carbocycles. The van der Waals surface area contributed by atoms with Crippen LogP contribution in [0.15, 0.2) is 66.7 Å². The van der Waals surface area contributed by atoms with E-state index in [0.29, 0.717) is 18.7 Å². The highest BCUT2D eigenvalue weighted by atomic mass is 19.1. The first kappa shape index (κ1) is 22.0. The maximum absolute atomic E-state index is 13.8. The van der Waals surface area contributed by atoms with Crippen molar-refractivity contribution in [1.82, 2.24) is 9.80 Å². The van der Waals surface area contributed by atoms with Crippen LogP contribution in [-0.4, -0.2) is 41.9 Å². The van der Waals surface area contributed by atoms with Crippen molar-refractivity contribution in [2.24, 2.45) is 0 Å². The molecule has 0 aromatic heterocycles. The molecule has 4 rings (SSSR count). The van der Waals surface area contributed by atoms with Gasteiger partial charge in [-0.3, -0.25) is 9.69 Å². The van der Waals surface area contributed by atoms with Gasteiger partial charge in [0.25, 0.3) is 5.91 Å². The van der Waals surface area contributed by atoms with Gasteiger partial charge in [0.05, 0.1) is 0 Å². The van der Waals surface area contributed by atoms with Gasteiger partial charge in [-0.25, -0.2) is 8.78 Å². The molecule has 0 radical (unpaired) electrons. The minimum absolute atomic E-state index is 0.0182. The molecule has 166 valence electrons. The number of ether oxygens (including phenoxy) is 1. The molecule has 3 aromatic rings. The van der Waals surface area contributed by atoms with E-state index in [0.717, 1.165) is 37.3 Å². The fourth-order valence-corrected chi connectivity index (χ4v) is 3.87. The molecule has 4 nitrogen and oxygen atoms in total. The fraction of sp³-hybridized carbons (Fsp3) is 0.269. The average Bonchev–Trinajstić information content (AvgIpc) is 2.80. The highest BCUT2D eigenvalue weighted by molar-refractivity contribution is 5.94. The van der Waals surface area contributed by atoms with E-state index in [-0.39, 0.29) is 18.3 Å². The zero-order chi connectivity index (χ0) is 22.5. The Labute approximate surface area is 187 Å². The van der Waals surface area contributed by atoms with Crippen molar-refractivity contribution in [3.63, 3.8) is 0 Å². The van der Waals surface area contributed by atoms with Crippen molar-refractivity contribution in [3.05, 3.63) is 101 Å². The molecule has 0 aliphatic carbocycles. The van der Waals surface area contributed by atoms with Crippen LogP contribution >= 0.6 is 0 Å². The first-order chi connectivity index (χ1) is 15.5. The van der Waals surface area contributed by atoms with E-state index >= 15 is 0 Å². The number of hydrogen-bond acceptors (Lipinski definition) is 3. The van der Waals surface area contributed by atoms with Gasteiger partial charge in [-0.05, 0) is 47.9 Å². The number of aryl methyl sites for hydroxylation is 1. The molecule has 6 heteroatoms. The SMILES string of the molecule is Cc1ccccc1CN1CCN(C(=O)c2cccc(COc3ccc(F)cc3F)c2)CC1. The summed E-state index contributed by atoms with van der Waals surface area (Å²) >= 11 is 0. The number of amides is 1. The Hall–Kier alpha value is -3.25. The number of hydrogen-bond donors (Lipinski definition) is 0. The predicted molar refractivity (Wildman–Crippen MR) is 119 cm³/mol. The summed E-state index contributed by atoms with van der Waals surface area (Å²) in [5.41, 5.74) is 3.93. The average molecular weight is 437 g/mol. The summed E-state index contributed by atoms with van der Waals surface area (Å²) < 4.78 is 32.3. The monoisotopic (exact) mass is 436 g/mol. The van der Waals surface area contributed by atoms with Crippen molar-refractivity contribution in [2.75, 3.05) is 26.2 Å². The highest BCUT2D eigenvalue weighted by Crippen LogP contribution is 2.20. The van der Waals surface area contributed by atoms with E-state index in [1.165, 1.54) is 17.2 Å². The predicted octanol–water partition coefficient (Wildman–Crippen LogP) is 4.81. The van der Waals surface area contributed by atoms with Crippen LogP contribution in [0.3, 0.4) is 0 Å². The zero-order valence-corrected chi connectivity index (χ0v) is 18.1. The molecule has 1 aliphatic rings. The lowest BCUT2D eigenvalue weighted by atomic mass is 10.1. The Morgan fingerprint density at radius 3 is 2.47 bits per heavy atom. The number of carbonyl (C=O) groups excluding carboxylic acids is 1. The standard InChI is InChI=1S/C26H26F2N2O2/c1-19-5-2-3-7-22(19)17-29-11-13-30(14-12-29)26(31)21-8-4-6-20(15-21)18-32-25-10-9-23(27)16-24(25)28/h2-10,15-16H,11-14,17-18H2,1H3. The lowest BCUT2D eigenvalue weighted by Gasteiger charge is -2.35. The third-order valence-corrected chi connectivity index (χ3v) is 5.78. The third-order valence-electron chi connectivity index (χ3n) is 5.78. The molecular weight excluding hydrogens is 410 g/mol. The van der Waals surface area contributed by atoms with E-state index in [2.05, 4.69) is 30.0 Å². The molecular formula is C26H26F2N2O2. The van der Waals surface area contributed by atoms with Crippen LogP contribution in [0.1, 0.15) is 27.0 Å². The summed E-state index contributed by atoms with van der Waals surface area (Å²) in [6.45, 7) is 6.10. The Morgan fingerprint density at radius 1 is 0.938 bits per heavy atom. The van der Waals surface area contributed by atoms with Gasteiger partial charge in [-0.15, -0.1) is 0 Å². The Kier molecular flexibility index (Phi) is 6.81. The molecule has 3 aromatic carbocycles. The van der Waals surface area contributed by atoms with Crippen LogP contribution in [0, 0.1) is 18.6 Å². The minimum atomic E-state index is -0.749. The van der Waals surface area contributed by atoms with Crippen LogP contribution in [-0.2, 0) is 13.2 Å². The molecule has 0 N–H and O–H groups in total. The number of carbonyl (C=O) groups is 1. The zero-order valence-electron chi connectivity index (χ0n) is 18.1. The molecule has 1 fully saturated rings. The van der Waals surface area contributed by atoms with Crippen molar-refractivity contribution < 1.29 is 18.3 Å². The van der Waals surface area contributed by atoms with E-state index in [9.17, 15) is 13.6 Å². The van der Waals surface area contributed by atoms with Crippen molar-refractivity contribution in [1.29, 1.82) is 0 Å². The van der Waals surface area contributed by atoms with Gasteiger partial charge in [0, 0.05) is 44.4 Å². The number of benzene rings is 3. The molecule has 0 spiro atoms. The number of nitrogens with zero attached hydrogens (tertiary/aromatic N) is 2. The van der Waals surface area contributed by atoms with Crippen LogP contribution < -0.4 is 4.74 Å². The van der Waals surface area contributed by atoms with Gasteiger partial charge in [0.2, 0.25) is 0 Å². The first-order valence-electron chi connectivity index (χ1n) is 10.7. The number of piperazine rings is 1. The Morgan fingerprint density at radius 2 is 1.72 bits per heavy atom. The van der Waals surface area contributed by atoms with E-state index < -0.39 is 11.6 Å². The second-order valence-corrected chi connectivity index (χ2v) is 8.06. The molecule has 0 bridgehead atoms. The van der Waals surface area contributed by atoms with E-state index in [1.807, 2.05) is 17.0 Å². The Bertz CT molecular complexity index is 1090.